The highest BCUT2D eigenvalue weighted by Gasteiger charge is 2.26. The number of aromatic hydroxyl groups is 1. The van der Waals surface area contributed by atoms with E-state index in [1.807, 2.05) is 43.3 Å². The van der Waals surface area contributed by atoms with E-state index in [0.29, 0.717) is 38.5 Å². The second-order valence-electron chi connectivity index (χ2n) is 13.3. The van der Waals surface area contributed by atoms with Gasteiger partial charge in [-0.15, -0.1) is 0 Å². The van der Waals surface area contributed by atoms with Crippen LogP contribution in [-0.4, -0.2) is 84.8 Å². The van der Waals surface area contributed by atoms with Crippen molar-refractivity contribution in [3.05, 3.63) is 89.0 Å². The Labute approximate surface area is 286 Å². The molecule has 0 unspecified atom stereocenters. The Morgan fingerprint density at radius 2 is 1.58 bits per heavy atom. The van der Waals surface area contributed by atoms with E-state index in [0.717, 1.165) is 54.4 Å². The normalized spacial score (nSPS) is 16.2. The minimum atomic E-state index is -1.16. The molecule has 0 aliphatic rings. The van der Waals surface area contributed by atoms with Crippen molar-refractivity contribution in [2.75, 3.05) is 13.2 Å². The van der Waals surface area contributed by atoms with Gasteiger partial charge in [0.1, 0.15) is 5.75 Å². The number of aryl methyl sites for hydroxylation is 1. The molecule has 0 amide bonds. The topological polar surface area (TPSA) is 171 Å². The van der Waals surface area contributed by atoms with Crippen LogP contribution in [0.25, 0.3) is 0 Å². The number of benzene rings is 2. The molecule has 9 nitrogen and oxygen atoms in total. The van der Waals surface area contributed by atoms with E-state index >= 15 is 0 Å². The molecule has 0 saturated carbocycles. The summed E-state index contributed by atoms with van der Waals surface area (Å²) in [5.41, 5.74) is 2.55. The fourth-order valence-corrected chi connectivity index (χ4v) is 5.85. The number of hydrogen-bond donors (Lipinski definition) is 8. The van der Waals surface area contributed by atoms with Crippen LogP contribution in [0.5, 0.6) is 5.75 Å². The Hall–Kier alpha value is -3.05. The van der Waals surface area contributed by atoms with E-state index in [4.69, 9.17) is 5.11 Å². The zero-order chi connectivity index (χ0) is 35.4. The molecule has 268 valence electrons. The number of nitrogens with one attached hydrogen (secondary N) is 1. The van der Waals surface area contributed by atoms with Crippen LogP contribution in [0.2, 0.25) is 0 Å². The molecule has 0 aliphatic carbocycles. The van der Waals surface area contributed by atoms with Crippen molar-refractivity contribution < 1.29 is 40.5 Å². The molecule has 0 bridgehead atoms. The molecule has 0 aliphatic heterocycles. The lowest BCUT2D eigenvalue weighted by Gasteiger charge is -2.31. The van der Waals surface area contributed by atoms with Crippen LogP contribution in [0, 0.1) is 0 Å². The number of aliphatic hydroxyl groups is 5. The number of phenolic OH excluding ortho intramolecular Hbond substituents is 1. The average Bonchev–Trinajstić information content (AvgIpc) is 3.06. The SMILES string of the molecule is CCCC[C@H](O)[C@H](O)C=CC(CCc1ccccc1)=C(C[C@H](O)CO)[C@H](CCCCCCC(=O)O)NC[C@@](C)(O)Cc1ccc(O)cc1. The zero-order valence-electron chi connectivity index (χ0n) is 28.8. The molecule has 8 N–H and O–H groups in total. The van der Waals surface area contributed by atoms with Crippen molar-refractivity contribution in [3.8, 4) is 5.75 Å². The van der Waals surface area contributed by atoms with Crippen LogP contribution in [0.1, 0.15) is 95.6 Å². The van der Waals surface area contributed by atoms with Crippen LogP contribution in [0.15, 0.2) is 77.9 Å². The molecule has 0 radical (unpaired) electrons. The lowest BCUT2D eigenvalue weighted by Crippen LogP contribution is -2.45. The van der Waals surface area contributed by atoms with Crippen LogP contribution in [0.3, 0.4) is 0 Å². The standard InChI is InChI=1S/C39H59NO8/c1-3-4-15-36(44)37(45)24-21-31(20-17-29-12-8-7-9-13-29)34(25-33(43)27-41)35(14-10-5-6-11-16-38(46)47)40-28-39(2,48)26-30-18-22-32(42)23-19-30/h7-9,12-13,18-19,21-24,33,35-37,40-45,48H,3-6,10-11,14-17,20,25-28H2,1-2H3,(H,46,47)/t33-,35-,36-,37+,39-/m0/s1. The van der Waals surface area contributed by atoms with Crippen molar-refractivity contribution in [1.29, 1.82) is 0 Å². The molecule has 2 aromatic carbocycles. The first kappa shape index (κ1) is 41.1. The molecule has 9 heteroatoms. The Morgan fingerprint density at radius 3 is 2.23 bits per heavy atom. The molecule has 5 atom stereocenters. The van der Waals surface area contributed by atoms with E-state index in [-0.39, 0.29) is 31.2 Å². The Morgan fingerprint density at radius 1 is 0.896 bits per heavy atom. The molecule has 2 rings (SSSR count). The van der Waals surface area contributed by atoms with Crippen molar-refractivity contribution in [1.82, 2.24) is 5.32 Å². The highest BCUT2D eigenvalue weighted by Crippen LogP contribution is 2.27. The minimum absolute atomic E-state index is 0.122. The number of aliphatic carboxylic acids is 1. The molecule has 0 fully saturated rings. The zero-order valence-corrected chi connectivity index (χ0v) is 28.8. The first-order valence-electron chi connectivity index (χ1n) is 17.5. The van der Waals surface area contributed by atoms with Crippen LogP contribution < -0.4 is 5.32 Å². The lowest BCUT2D eigenvalue weighted by atomic mass is 9.87. The fraction of sp³-hybridized carbons (Fsp3) is 0.564. The van der Waals surface area contributed by atoms with Crippen molar-refractivity contribution >= 4 is 5.97 Å². The van der Waals surface area contributed by atoms with Gasteiger partial charge in [0.15, 0.2) is 0 Å². The number of rotatable bonds is 25. The molecular weight excluding hydrogens is 610 g/mol. The van der Waals surface area contributed by atoms with Gasteiger partial charge in [-0.25, -0.2) is 0 Å². The lowest BCUT2D eigenvalue weighted by molar-refractivity contribution is -0.137. The first-order valence-corrected chi connectivity index (χ1v) is 17.5. The third-order valence-electron chi connectivity index (χ3n) is 8.65. The van der Waals surface area contributed by atoms with Gasteiger partial charge in [0, 0.05) is 25.4 Å². The molecule has 48 heavy (non-hydrogen) atoms. The number of carbonyl (C=O) groups is 1. The van der Waals surface area contributed by atoms with Gasteiger partial charge in [-0.1, -0.05) is 93.6 Å². The first-order chi connectivity index (χ1) is 22.9. The third kappa shape index (κ3) is 16.9. The van der Waals surface area contributed by atoms with E-state index in [1.54, 1.807) is 37.3 Å². The summed E-state index contributed by atoms with van der Waals surface area (Å²) in [5, 5.41) is 75.7. The number of hydrogen-bond acceptors (Lipinski definition) is 8. The highest BCUT2D eigenvalue weighted by atomic mass is 16.4. The number of carboxylic acid groups (broad SMARTS) is 1. The smallest absolute Gasteiger partial charge is 0.303 e. The maximum atomic E-state index is 11.4. The molecule has 0 aromatic heterocycles. The molecule has 0 heterocycles. The van der Waals surface area contributed by atoms with Gasteiger partial charge in [0.25, 0.3) is 0 Å². The van der Waals surface area contributed by atoms with Gasteiger partial charge in [-0.2, -0.15) is 0 Å². The van der Waals surface area contributed by atoms with Gasteiger partial charge in [0.2, 0.25) is 0 Å². The molecular formula is C39H59NO8. The maximum absolute atomic E-state index is 11.4. The summed E-state index contributed by atoms with van der Waals surface area (Å²) >= 11 is 0. The van der Waals surface area contributed by atoms with Gasteiger partial charge in [0.05, 0.1) is 30.5 Å². The molecule has 0 saturated heterocycles. The third-order valence-corrected chi connectivity index (χ3v) is 8.65. The Kier molecular flexibility index (Phi) is 19.3. The predicted molar refractivity (Wildman–Crippen MR) is 190 cm³/mol. The van der Waals surface area contributed by atoms with E-state index < -0.39 is 36.5 Å². The van der Waals surface area contributed by atoms with Gasteiger partial charge >= 0.3 is 5.97 Å². The summed E-state index contributed by atoms with van der Waals surface area (Å²) in [6, 6.07) is 16.4. The Balaban J connectivity index is 2.47. The van der Waals surface area contributed by atoms with E-state index in [1.165, 1.54) is 0 Å². The van der Waals surface area contributed by atoms with Crippen molar-refractivity contribution in [3.63, 3.8) is 0 Å². The van der Waals surface area contributed by atoms with Crippen LogP contribution in [0.4, 0.5) is 0 Å². The summed E-state index contributed by atoms with van der Waals surface area (Å²) in [7, 11) is 0. The molecule has 0 spiro atoms. The van der Waals surface area contributed by atoms with Crippen molar-refractivity contribution in [2.24, 2.45) is 0 Å². The fourth-order valence-electron chi connectivity index (χ4n) is 5.85. The minimum Gasteiger partial charge on any atom is -0.508 e. The number of phenols is 1. The van der Waals surface area contributed by atoms with Gasteiger partial charge in [-0.3, -0.25) is 4.79 Å². The molecule has 2 aromatic rings. The van der Waals surface area contributed by atoms with Crippen LogP contribution in [-0.2, 0) is 17.6 Å². The van der Waals surface area contributed by atoms with Gasteiger partial charge in [-0.05, 0) is 79.9 Å². The van der Waals surface area contributed by atoms with E-state index in [9.17, 15) is 35.4 Å². The quantitative estimate of drug-likeness (QED) is 0.0522. The Bertz CT molecular complexity index is 1230. The van der Waals surface area contributed by atoms with Crippen molar-refractivity contribution in [2.45, 2.75) is 127 Å². The van der Waals surface area contributed by atoms with Crippen LogP contribution >= 0.6 is 0 Å². The number of allylic oxidation sites excluding steroid dienone is 2. The summed E-state index contributed by atoms with van der Waals surface area (Å²) in [4.78, 5) is 11.0. The second kappa shape index (κ2) is 22.6. The second-order valence-corrected chi connectivity index (χ2v) is 13.3. The summed E-state index contributed by atoms with van der Waals surface area (Å²) in [6.07, 6.45) is 8.05. The summed E-state index contributed by atoms with van der Waals surface area (Å²) in [6.45, 7) is 3.55. The number of carboxylic acids is 1. The summed E-state index contributed by atoms with van der Waals surface area (Å²) < 4.78 is 0. The number of aliphatic hydroxyl groups excluding tert-OH is 4. The predicted octanol–water partition coefficient (Wildman–Crippen LogP) is 5.21. The summed E-state index contributed by atoms with van der Waals surface area (Å²) in [5.74, 6) is -0.665. The van der Waals surface area contributed by atoms with E-state index in [2.05, 4.69) is 5.32 Å². The maximum Gasteiger partial charge on any atom is 0.303 e. The monoisotopic (exact) mass is 669 g/mol. The highest BCUT2D eigenvalue weighted by molar-refractivity contribution is 5.66. The largest absolute Gasteiger partial charge is 0.508 e. The van der Waals surface area contributed by atoms with Gasteiger partial charge < -0.3 is 41.1 Å². The average molecular weight is 670 g/mol. The number of unbranched alkanes of at least 4 members (excludes halogenated alkanes) is 4.